The van der Waals surface area contributed by atoms with Crippen LogP contribution in [-0.4, -0.2) is 52.7 Å². The third kappa shape index (κ3) is 4.61. The molecule has 1 unspecified atom stereocenters. The van der Waals surface area contributed by atoms with Crippen LogP contribution in [0.5, 0.6) is 5.75 Å². The molecule has 0 saturated carbocycles. The molecule has 1 aliphatic heterocycles. The van der Waals surface area contributed by atoms with E-state index in [-0.39, 0.29) is 23.5 Å². The first-order chi connectivity index (χ1) is 16.8. The Hall–Kier alpha value is -3.79. The Morgan fingerprint density at radius 1 is 1.23 bits per heavy atom. The minimum Gasteiger partial charge on any atom is -0.497 e. The van der Waals surface area contributed by atoms with Crippen LogP contribution in [-0.2, 0) is 16.4 Å². The van der Waals surface area contributed by atoms with Crippen molar-refractivity contribution in [3.05, 3.63) is 71.7 Å². The Labute approximate surface area is 203 Å². The third-order valence-corrected chi connectivity index (χ3v) is 7.95. The lowest BCUT2D eigenvalue weighted by atomic mass is 10.0. The van der Waals surface area contributed by atoms with Crippen molar-refractivity contribution in [2.75, 3.05) is 18.6 Å². The molecule has 1 fully saturated rings. The van der Waals surface area contributed by atoms with E-state index in [0.29, 0.717) is 46.7 Å². The van der Waals surface area contributed by atoms with Crippen molar-refractivity contribution in [1.29, 1.82) is 0 Å². The molecule has 1 N–H and O–H groups in total. The molecule has 0 radical (unpaired) electrons. The van der Waals surface area contributed by atoms with E-state index < -0.39 is 9.84 Å². The van der Waals surface area contributed by atoms with Crippen molar-refractivity contribution >= 4 is 26.8 Å². The minimum atomic E-state index is -3.13. The molecule has 1 aromatic carbocycles. The van der Waals surface area contributed by atoms with Crippen LogP contribution in [0, 0.1) is 6.92 Å². The molecule has 1 saturated heterocycles. The monoisotopic (exact) mass is 491 g/mol. The second kappa shape index (κ2) is 9.10. The number of nitrogens with zero attached hydrogens (tertiary/aromatic N) is 4. The number of hydrogen-bond donors (Lipinski definition) is 1. The van der Waals surface area contributed by atoms with Gasteiger partial charge >= 0.3 is 0 Å². The summed E-state index contributed by atoms with van der Waals surface area (Å²) in [5.41, 5.74) is 3.85. The summed E-state index contributed by atoms with van der Waals surface area (Å²) in [6, 6.07) is 12.6. The quantitative estimate of drug-likeness (QED) is 0.441. The number of amides is 1. The van der Waals surface area contributed by atoms with Gasteiger partial charge in [0.2, 0.25) is 0 Å². The lowest BCUT2D eigenvalue weighted by Crippen LogP contribution is -2.23. The fourth-order valence-electron chi connectivity index (χ4n) is 4.40. The number of methoxy groups -OCH3 is 1. The largest absolute Gasteiger partial charge is 0.497 e. The summed E-state index contributed by atoms with van der Waals surface area (Å²) in [4.78, 5) is 22.3. The summed E-state index contributed by atoms with van der Waals surface area (Å²) in [6.07, 6.45) is 3.85. The first-order valence-electron chi connectivity index (χ1n) is 11.3. The fraction of sp³-hybridized carbons (Fsp3) is 0.280. The molecule has 180 valence electrons. The molecule has 1 atom stereocenters. The maximum atomic E-state index is 13.4. The molecule has 1 aliphatic rings. The second-order valence-corrected chi connectivity index (χ2v) is 10.8. The number of carbonyl (C=O) groups excluding carboxylic acids is 1. The molecule has 0 aliphatic carbocycles. The van der Waals surface area contributed by atoms with Crippen molar-refractivity contribution in [3.63, 3.8) is 0 Å². The Morgan fingerprint density at radius 2 is 2.03 bits per heavy atom. The summed E-state index contributed by atoms with van der Waals surface area (Å²) < 4.78 is 31.3. The second-order valence-electron chi connectivity index (χ2n) is 8.61. The first-order valence-corrected chi connectivity index (χ1v) is 13.1. The van der Waals surface area contributed by atoms with Crippen molar-refractivity contribution in [2.24, 2.45) is 0 Å². The number of fused-ring (bicyclic) bond motifs is 1. The van der Waals surface area contributed by atoms with Gasteiger partial charge in [-0.25, -0.2) is 18.1 Å². The number of aryl methyl sites for hydroxylation is 1. The number of carbonyl (C=O) groups is 1. The number of hydrogen-bond acceptors (Lipinski definition) is 7. The molecule has 5 rings (SSSR count). The highest BCUT2D eigenvalue weighted by molar-refractivity contribution is 7.91. The highest BCUT2D eigenvalue weighted by Gasteiger charge is 2.32. The van der Waals surface area contributed by atoms with Gasteiger partial charge in [0.05, 0.1) is 47.0 Å². The molecule has 1 amide bonds. The standard InChI is InChI=1S/C25H25N5O4S/c1-16-23-21(25(31)27-14-17-4-3-10-26-13-17)12-22(18-5-7-20(34-2)8-6-18)28-24(23)30(29-16)19-9-11-35(32,33)15-19/h3-8,10,12-13,19H,9,11,14-15H2,1-2H3,(H,27,31). The van der Waals surface area contributed by atoms with E-state index >= 15 is 0 Å². The van der Waals surface area contributed by atoms with Crippen LogP contribution in [0.15, 0.2) is 54.9 Å². The van der Waals surface area contributed by atoms with Gasteiger partial charge in [-0.1, -0.05) is 6.07 Å². The number of pyridine rings is 2. The topological polar surface area (TPSA) is 116 Å². The predicted octanol–water partition coefficient (Wildman–Crippen LogP) is 3.10. The van der Waals surface area contributed by atoms with E-state index in [0.717, 1.165) is 11.1 Å². The van der Waals surface area contributed by atoms with E-state index in [1.54, 1.807) is 30.3 Å². The highest BCUT2D eigenvalue weighted by Crippen LogP contribution is 2.32. The number of sulfone groups is 1. The fourth-order valence-corrected chi connectivity index (χ4v) is 6.10. The van der Waals surface area contributed by atoms with Gasteiger partial charge in [0.25, 0.3) is 5.91 Å². The molecule has 10 heteroatoms. The Balaban J connectivity index is 1.61. The molecule has 0 spiro atoms. The number of aromatic nitrogens is 4. The van der Waals surface area contributed by atoms with Gasteiger partial charge in [-0.3, -0.25) is 9.78 Å². The zero-order chi connectivity index (χ0) is 24.6. The van der Waals surface area contributed by atoms with Crippen LogP contribution in [0.1, 0.15) is 34.1 Å². The molecule has 3 aromatic heterocycles. The molecule has 35 heavy (non-hydrogen) atoms. The number of benzene rings is 1. The Kier molecular flexibility index (Phi) is 5.98. The van der Waals surface area contributed by atoms with Gasteiger partial charge in [-0.2, -0.15) is 5.10 Å². The van der Waals surface area contributed by atoms with E-state index in [1.165, 1.54) is 0 Å². The lowest BCUT2D eigenvalue weighted by molar-refractivity contribution is 0.0952. The van der Waals surface area contributed by atoms with Crippen LogP contribution in [0.3, 0.4) is 0 Å². The summed E-state index contributed by atoms with van der Waals surface area (Å²) in [5, 5.41) is 8.22. The smallest absolute Gasteiger partial charge is 0.252 e. The third-order valence-electron chi connectivity index (χ3n) is 6.20. The van der Waals surface area contributed by atoms with Crippen LogP contribution >= 0.6 is 0 Å². The number of ether oxygens (including phenoxy) is 1. The summed E-state index contributed by atoms with van der Waals surface area (Å²) in [5.74, 6) is 0.577. The van der Waals surface area contributed by atoms with Crippen molar-refractivity contribution < 1.29 is 17.9 Å². The SMILES string of the molecule is COc1ccc(-c2cc(C(=O)NCc3cccnc3)c3c(C)nn(C4CCS(=O)(=O)C4)c3n2)cc1. The first kappa shape index (κ1) is 23.0. The average Bonchev–Trinajstić information content (AvgIpc) is 3.41. The van der Waals surface area contributed by atoms with E-state index in [1.807, 2.05) is 43.3 Å². The zero-order valence-corrected chi connectivity index (χ0v) is 20.2. The van der Waals surface area contributed by atoms with Crippen LogP contribution in [0.25, 0.3) is 22.3 Å². The average molecular weight is 492 g/mol. The van der Waals surface area contributed by atoms with Gasteiger partial charge in [0.15, 0.2) is 15.5 Å². The van der Waals surface area contributed by atoms with E-state index in [4.69, 9.17) is 9.72 Å². The molecule has 4 aromatic rings. The molecule has 9 nitrogen and oxygen atoms in total. The maximum Gasteiger partial charge on any atom is 0.252 e. The normalized spacial score (nSPS) is 16.9. The van der Waals surface area contributed by atoms with Gasteiger partial charge < -0.3 is 10.1 Å². The number of rotatable bonds is 6. The van der Waals surface area contributed by atoms with Crippen LogP contribution in [0.2, 0.25) is 0 Å². The molecular formula is C25H25N5O4S. The van der Waals surface area contributed by atoms with Crippen molar-refractivity contribution in [2.45, 2.75) is 25.9 Å². The highest BCUT2D eigenvalue weighted by atomic mass is 32.2. The summed E-state index contributed by atoms with van der Waals surface area (Å²) >= 11 is 0. The van der Waals surface area contributed by atoms with Gasteiger partial charge in [-0.05, 0) is 55.3 Å². The summed E-state index contributed by atoms with van der Waals surface area (Å²) in [6.45, 7) is 2.14. The lowest BCUT2D eigenvalue weighted by Gasteiger charge is -2.12. The van der Waals surface area contributed by atoms with Gasteiger partial charge in [0, 0.05) is 24.5 Å². The van der Waals surface area contributed by atoms with Gasteiger partial charge in [-0.15, -0.1) is 0 Å². The summed E-state index contributed by atoms with van der Waals surface area (Å²) in [7, 11) is -1.53. The minimum absolute atomic E-state index is 0.0141. The van der Waals surface area contributed by atoms with Crippen LogP contribution in [0.4, 0.5) is 0 Å². The number of nitrogens with one attached hydrogen (secondary N) is 1. The molecule has 4 heterocycles. The maximum absolute atomic E-state index is 13.4. The van der Waals surface area contributed by atoms with Crippen molar-refractivity contribution in [3.8, 4) is 17.0 Å². The molecular weight excluding hydrogens is 466 g/mol. The predicted molar refractivity (Wildman–Crippen MR) is 132 cm³/mol. The Bertz CT molecular complexity index is 1500. The zero-order valence-electron chi connectivity index (χ0n) is 19.4. The Morgan fingerprint density at radius 3 is 2.69 bits per heavy atom. The van der Waals surface area contributed by atoms with Gasteiger partial charge in [0.1, 0.15) is 5.75 Å². The van der Waals surface area contributed by atoms with E-state index in [2.05, 4.69) is 15.4 Å². The molecule has 0 bridgehead atoms. The van der Waals surface area contributed by atoms with Crippen LogP contribution < -0.4 is 10.1 Å². The van der Waals surface area contributed by atoms with Crippen molar-refractivity contribution in [1.82, 2.24) is 25.1 Å². The van der Waals surface area contributed by atoms with E-state index in [9.17, 15) is 13.2 Å².